The number of carbonyl (C=O) groups is 1. The monoisotopic (exact) mass is 784 g/mol. The van der Waals surface area contributed by atoms with Gasteiger partial charge in [-0.15, -0.1) is 10.2 Å². The number of phenols is 1. The minimum atomic E-state index is -0.398. The van der Waals surface area contributed by atoms with E-state index < -0.39 is 6.03 Å². The Kier molecular flexibility index (Phi) is 11.6. The zero-order chi connectivity index (χ0) is 37.7. The van der Waals surface area contributed by atoms with Crippen molar-refractivity contribution in [2.24, 2.45) is 0 Å². The molecule has 0 unspecified atom stereocenters. The van der Waals surface area contributed by atoms with Crippen molar-refractivity contribution >= 4 is 52.6 Å². The van der Waals surface area contributed by atoms with Gasteiger partial charge in [0.2, 0.25) is 0 Å². The molecule has 12 nitrogen and oxygen atoms in total. The van der Waals surface area contributed by atoms with Crippen LogP contribution in [0.2, 0.25) is 5.02 Å². The lowest BCUT2D eigenvalue weighted by Gasteiger charge is -2.26. The fraction of sp³-hybridized carbons (Fsp3) is 0.282. The zero-order valence-electron chi connectivity index (χ0n) is 30.2. The zero-order valence-corrected chi connectivity index (χ0v) is 32.5. The third-order valence-electron chi connectivity index (χ3n) is 9.14. The van der Waals surface area contributed by atoms with Gasteiger partial charge in [-0.05, 0) is 68.1 Å². The van der Waals surface area contributed by atoms with Gasteiger partial charge in [-0.3, -0.25) is 14.6 Å². The first-order valence-corrected chi connectivity index (χ1v) is 19.9. The summed E-state index contributed by atoms with van der Waals surface area (Å²) in [5, 5.41) is 30.2. The van der Waals surface area contributed by atoms with Crippen LogP contribution in [0.1, 0.15) is 25.1 Å². The number of benzene rings is 3. The van der Waals surface area contributed by atoms with E-state index in [2.05, 4.69) is 39.6 Å². The Morgan fingerprint density at radius 3 is 2.67 bits per heavy atom. The molecule has 1 fully saturated rings. The maximum absolute atomic E-state index is 13.4. The fourth-order valence-corrected chi connectivity index (χ4v) is 7.27. The summed E-state index contributed by atoms with van der Waals surface area (Å²) < 4.78 is 14.8. The first-order valence-electron chi connectivity index (χ1n) is 17.5. The molecule has 0 bridgehead atoms. The number of carbonyl (C=O) groups excluding carboxylic acids is 1. The van der Waals surface area contributed by atoms with E-state index in [0.717, 1.165) is 76.7 Å². The van der Waals surface area contributed by atoms with E-state index in [-0.39, 0.29) is 22.1 Å². The second-order valence-corrected chi connectivity index (χ2v) is 16.1. The van der Waals surface area contributed by atoms with E-state index >= 15 is 0 Å². The number of anilines is 1. The predicted molar refractivity (Wildman–Crippen MR) is 214 cm³/mol. The van der Waals surface area contributed by atoms with Gasteiger partial charge in [0, 0.05) is 59.9 Å². The van der Waals surface area contributed by atoms with Gasteiger partial charge in [0.25, 0.3) is 0 Å². The molecule has 280 valence electrons. The summed E-state index contributed by atoms with van der Waals surface area (Å²) in [5.41, 5.74) is 3.92. The normalized spacial score (nSPS) is 13.6. The highest BCUT2D eigenvalue weighted by atomic mass is 35.5. The van der Waals surface area contributed by atoms with E-state index in [0.29, 0.717) is 18.1 Å². The number of ether oxygens (including phenoxy) is 2. The fourth-order valence-electron chi connectivity index (χ4n) is 5.88. The molecule has 0 saturated carbocycles. The third kappa shape index (κ3) is 8.79. The van der Waals surface area contributed by atoms with E-state index in [9.17, 15) is 9.90 Å². The van der Waals surface area contributed by atoms with Crippen molar-refractivity contribution in [3.05, 3.63) is 107 Å². The largest absolute Gasteiger partial charge is 0.506 e. The highest BCUT2D eigenvalue weighted by Crippen LogP contribution is 2.36. The number of fused-ring (bicyclic) bond motifs is 1. The van der Waals surface area contributed by atoms with Crippen LogP contribution in [0.15, 0.2) is 101 Å². The van der Waals surface area contributed by atoms with E-state index in [1.165, 1.54) is 6.07 Å². The van der Waals surface area contributed by atoms with Crippen molar-refractivity contribution in [1.82, 2.24) is 34.6 Å². The van der Waals surface area contributed by atoms with E-state index in [1.807, 2.05) is 83.6 Å². The molecule has 3 aromatic carbocycles. The van der Waals surface area contributed by atoms with Crippen molar-refractivity contribution in [2.75, 3.05) is 51.0 Å². The molecule has 0 radical (unpaired) electrons. The number of amides is 2. The maximum atomic E-state index is 13.4. The molecule has 0 spiro atoms. The van der Waals surface area contributed by atoms with Gasteiger partial charge in [0.05, 0.1) is 34.4 Å². The first kappa shape index (κ1) is 37.6. The molecular formula is C39H41ClN8O4S2. The SMILES string of the molecule is CSC(C)(C)c1cc(NC(=O)NCc2ccccc2Sc2ccc3nnc(-c4cccc(OCCN5CCOCC5)c4)n3c2)n(-c2ccc(Cl)c(O)c2)n1. The minimum absolute atomic E-state index is 0.0750. The van der Waals surface area contributed by atoms with Crippen molar-refractivity contribution < 1.29 is 19.4 Å². The lowest BCUT2D eigenvalue weighted by molar-refractivity contribution is 0.0322. The maximum Gasteiger partial charge on any atom is 0.320 e. The Hall–Kier alpha value is -4.73. The van der Waals surface area contributed by atoms with Gasteiger partial charge in [-0.1, -0.05) is 53.7 Å². The lowest BCUT2D eigenvalue weighted by Crippen LogP contribution is -2.38. The van der Waals surface area contributed by atoms with Crippen LogP contribution < -0.4 is 15.4 Å². The summed E-state index contributed by atoms with van der Waals surface area (Å²) in [5.74, 6) is 1.88. The number of nitrogens with one attached hydrogen (secondary N) is 2. The summed E-state index contributed by atoms with van der Waals surface area (Å²) >= 11 is 9.31. The van der Waals surface area contributed by atoms with Crippen molar-refractivity contribution in [3.63, 3.8) is 0 Å². The van der Waals surface area contributed by atoms with E-state index in [4.69, 9.17) is 26.2 Å². The number of phenolic OH excluding ortho intramolecular Hbond substituents is 1. The quantitative estimate of drug-likeness (QED) is 0.107. The third-order valence-corrected chi connectivity index (χ3v) is 11.8. The van der Waals surface area contributed by atoms with Crippen molar-refractivity contribution in [1.29, 1.82) is 0 Å². The smallest absolute Gasteiger partial charge is 0.320 e. The summed E-state index contributed by atoms with van der Waals surface area (Å²) in [6, 6.07) is 26.2. The number of morpholine rings is 1. The highest BCUT2D eigenvalue weighted by molar-refractivity contribution is 7.99. The van der Waals surface area contributed by atoms with Gasteiger partial charge in [-0.25, -0.2) is 9.48 Å². The molecule has 54 heavy (non-hydrogen) atoms. The van der Waals surface area contributed by atoms with Crippen molar-refractivity contribution in [3.8, 4) is 28.6 Å². The lowest BCUT2D eigenvalue weighted by atomic mass is 10.1. The van der Waals surface area contributed by atoms with Gasteiger partial charge in [0.15, 0.2) is 11.5 Å². The van der Waals surface area contributed by atoms with Gasteiger partial charge < -0.3 is 19.9 Å². The molecule has 0 aliphatic carbocycles. The van der Waals surface area contributed by atoms with Gasteiger partial charge in [-0.2, -0.15) is 16.9 Å². The molecule has 1 aliphatic heterocycles. The average molecular weight is 785 g/mol. The number of thioether (sulfide) groups is 1. The van der Waals surface area contributed by atoms with Crippen molar-refractivity contribution in [2.45, 2.75) is 34.9 Å². The van der Waals surface area contributed by atoms with Crippen LogP contribution in [0.3, 0.4) is 0 Å². The Morgan fingerprint density at radius 1 is 1.02 bits per heavy atom. The Morgan fingerprint density at radius 2 is 1.85 bits per heavy atom. The number of aromatic nitrogens is 5. The summed E-state index contributed by atoms with van der Waals surface area (Å²) in [6.45, 7) is 9.24. The average Bonchev–Trinajstić information content (AvgIpc) is 3.81. The Bertz CT molecular complexity index is 2260. The van der Waals surface area contributed by atoms with Crippen LogP contribution >= 0.6 is 35.1 Å². The standard InChI is InChI=1S/C39H41ClN8O4S2/c1-39(2,53-3)34-23-36(48(45-34)28-11-13-31(40)32(49)22-28)42-38(50)41-24-27-7-4-5-10-33(27)54-30-12-14-35-43-44-37(47(35)25-30)26-8-6-9-29(21-26)52-20-17-46-15-18-51-19-16-46/h4-14,21-23,25,49H,15-20,24H2,1-3H3,(H2,41,42,50). The molecule has 3 N–H and O–H groups in total. The molecule has 15 heteroatoms. The van der Waals surface area contributed by atoms with E-state index in [1.54, 1.807) is 40.3 Å². The molecular weight excluding hydrogens is 744 g/mol. The number of halogens is 1. The van der Waals surface area contributed by atoms with Gasteiger partial charge >= 0.3 is 6.03 Å². The number of urea groups is 1. The van der Waals surface area contributed by atoms with Crippen LogP contribution in [-0.2, 0) is 16.0 Å². The second-order valence-electron chi connectivity index (χ2n) is 13.1. The first-order chi connectivity index (χ1) is 26.2. The molecule has 7 rings (SSSR count). The summed E-state index contributed by atoms with van der Waals surface area (Å²) in [6.07, 6.45) is 4.04. The summed E-state index contributed by atoms with van der Waals surface area (Å²) in [4.78, 5) is 17.7. The van der Waals surface area contributed by atoms with Crippen LogP contribution in [0.4, 0.5) is 10.6 Å². The molecule has 0 atom stereocenters. The molecule has 2 amide bonds. The molecule has 6 aromatic rings. The minimum Gasteiger partial charge on any atom is -0.506 e. The molecule has 4 heterocycles. The number of nitrogens with zero attached hydrogens (tertiary/aromatic N) is 6. The van der Waals surface area contributed by atoms with Crippen LogP contribution in [0.25, 0.3) is 22.7 Å². The number of hydrogen-bond donors (Lipinski definition) is 3. The molecule has 1 saturated heterocycles. The van der Waals surface area contributed by atoms with Crippen LogP contribution in [0.5, 0.6) is 11.5 Å². The topological polar surface area (TPSA) is 131 Å². The summed E-state index contributed by atoms with van der Waals surface area (Å²) in [7, 11) is 0. The second kappa shape index (κ2) is 16.7. The van der Waals surface area contributed by atoms with Crippen LogP contribution in [-0.4, -0.2) is 86.1 Å². The number of aromatic hydroxyl groups is 1. The molecule has 3 aromatic heterocycles. The van der Waals surface area contributed by atoms with Crippen LogP contribution in [0, 0.1) is 0 Å². The number of rotatable bonds is 13. The van der Waals surface area contributed by atoms with Gasteiger partial charge in [0.1, 0.15) is 23.9 Å². The molecule has 1 aliphatic rings. The predicted octanol–water partition coefficient (Wildman–Crippen LogP) is 7.72. The highest BCUT2D eigenvalue weighted by Gasteiger charge is 2.25. The Balaban J connectivity index is 1.04. The Labute approximate surface area is 327 Å². The number of hydrogen-bond acceptors (Lipinski definition) is 10. The number of pyridine rings is 1.